The molecule has 1 saturated heterocycles. The maximum atomic E-state index is 12.7. The van der Waals surface area contributed by atoms with Gasteiger partial charge in [0.2, 0.25) is 0 Å². The van der Waals surface area contributed by atoms with E-state index in [0.29, 0.717) is 30.1 Å². The van der Waals surface area contributed by atoms with Gasteiger partial charge in [0.05, 0.1) is 0 Å². The van der Waals surface area contributed by atoms with Crippen LogP contribution in [0.4, 0.5) is 4.79 Å². The highest BCUT2D eigenvalue weighted by Gasteiger charge is 2.35. The first-order chi connectivity index (χ1) is 13.5. The van der Waals surface area contributed by atoms with Crippen molar-refractivity contribution < 1.29 is 13.2 Å². The lowest BCUT2D eigenvalue weighted by Gasteiger charge is -2.34. The lowest BCUT2D eigenvalue weighted by molar-refractivity contribution is 0.218. The van der Waals surface area contributed by atoms with Crippen LogP contribution >= 0.6 is 0 Å². The topological polar surface area (TPSA) is 90.9 Å². The smallest absolute Gasteiger partial charge is 0.315 e. The van der Waals surface area contributed by atoms with E-state index in [9.17, 15) is 13.2 Å². The van der Waals surface area contributed by atoms with E-state index in [1.807, 2.05) is 63.8 Å². The van der Waals surface area contributed by atoms with Gasteiger partial charge in [-0.3, -0.25) is 0 Å². The molecular weight excluding hydrogens is 388 g/mol. The van der Waals surface area contributed by atoms with Gasteiger partial charge in [-0.25, -0.2) is 4.79 Å². The number of likely N-dealkylation sites (tertiary alicyclic amines) is 1. The fraction of sp³-hybridized carbons (Fsp3) is 0.524. The molecule has 0 unspecified atom stereocenters. The Balaban J connectivity index is 1.69. The van der Waals surface area contributed by atoms with E-state index in [-0.39, 0.29) is 22.5 Å². The van der Waals surface area contributed by atoms with Crippen LogP contribution in [0.3, 0.4) is 0 Å². The maximum Gasteiger partial charge on any atom is 0.315 e. The second-order valence-corrected chi connectivity index (χ2v) is 10.4. The second kappa shape index (κ2) is 7.82. The largest absolute Gasteiger partial charge is 0.356 e. The Morgan fingerprint density at radius 1 is 1.10 bits per heavy atom. The van der Waals surface area contributed by atoms with E-state index in [1.54, 1.807) is 0 Å². The molecule has 3 rings (SSSR count). The zero-order valence-corrected chi connectivity index (χ0v) is 18.6. The van der Waals surface area contributed by atoms with Gasteiger partial charge in [-0.2, -0.15) is 8.42 Å². The summed E-state index contributed by atoms with van der Waals surface area (Å²) in [6.45, 7) is 10.9. The molecule has 2 heterocycles. The Labute approximate surface area is 173 Å². The maximum absolute atomic E-state index is 12.7. The molecule has 0 atom stereocenters. The molecule has 0 bridgehead atoms. The van der Waals surface area contributed by atoms with Crippen LogP contribution in [0.25, 0.3) is 4.91 Å². The van der Waals surface area contributed by atoms with Crippen molar-refractivity contribution in [2.45, 2.75) is 59.0 Å². The SMILES string of the molecule is CC1=C(c2ccc(C)cc2)S(=O)(=O)N=C1N1CCC(NC(=O)NC(C)(C)C)CC1. The molecule has 0 aromatic heterocycles. The van der Waals surface area contributed by atoms with E-state index in [4.69, 9.17) is 0 Å². The number of piperidine rings is 1. The molecule has 8 heteroatoms. The number of aryl methyl sites for hydroxylation is 1. The van der Waals surface area contributed by atoms with Gasteiger partial charge in [-0.1, -0.05) is 29.8 Å². The van der Waals surface area contributed by atoms with Crippen LogP contribution in [0, 0.1) is 6.92 Å². The molecule has 2 aliphatic heterocycles. The number of urea groups is 1. The molecule has 0 aliphatic carbocycles. The van der Waals surface area contributed by atoms with Crippen molar-refractivity contribution in [1.82, 2.24) is 15.5 Å². The number of carbonyl (C=O) groups excluding carboxylic acids is 1. The number of amides is 2. The summed E-state index contributed by atoms with van der Waals surface area (Å²) in [7, 11) is -3.71. The molecule has 0 radical (unpaired) electrons. The normalized spacial score (nSPS) is 19.9. The first-order valence-electron chi connectivity index (χ1n) is 9.93. The van der Waals surface area contributed by atoms with Gasteiger partial charge >= 0.3 is 6.03 Å². The van der Waals surface area contributed by atoms with E-state index < -0.39 is 10.0 Å². The van der Waals surface area contributed by atoms with E-state index in [1.165, 1.54) is 0 Å². The minimum Gasteiger partial charge on any atom is -0.356 e. The summed E-state index contributed by atoms with van der Waals surface area (Å²) in [6.07, 6.45) is 1.48. The number of sulfonamides is 1. The molecule has 0 saturated carbocycles. The van der Waals surface area contributed by atoms with Crippen LogP contribution < -0.4 is 10.6 Å². The summed E-state index contributed by atoms with van der Waals surface area (Å²) in [5, 5.41) is 5.91. The molecule has 1 fully saturated rings. The van der Waals surface area contributed by atoms with Crippen molar-refractivity contribution >= 4 is 26.8 Å². The lowest BCUT2D eigenvalue weighted by Crippen LogP contribution is -2.52. The molecule has 2 amide bonds. The Morgan fingerprint density at radius 3 is 2.24 bits per heavy atom. The average molecular weight is 419 g/mol. The Hall–Kier alpha value is -2.35. The standard InChI is InChI=1S/C21H30N4O3S/c1-14-6-8-16(9-7-14)18-15(2)19(24-29(18,27)28)25-12-10-17(11-13-25)22-20(26)23-21(3,4)5/h6-9,17H,10-13H2,1-5H3,(H2,22,23,26). The molecule has 2 aliphatic rings. The van der Waals surface area contributed by atoms with Gasteiger partial charge in [-0.05, 0) is 53.0 Å². The predicted molar refractivity (Wildman–Crippen MR) is 116 cm³/mol. The zero-order chi connectivity index (χ0) is 21.4. The lowest BCUT2D eigenvalue weighted by atomic mass is 10.0. The van der Waals surface area contributed by atoms with E-state index in [0.717, 1.165) is 18.4 Å². The Kier molecular flexibility index (Phi) is 5.76. The highest BCUT2D eigenvalue weighted by Crippen LogP contribution is 2.34. The third-order valence-corrected chi connectivity index (χ3v) is 6.54. The van der Waals surface area contributed by atoms with Gasteiger partial charge in [0.25, 0.3) is 10.0 Å². The van der Waals surface area contributed by atoms with Crippen molar-refractivity contribution in [3.63, 3.8) is 0 Å². The number of carbonyl (C=O) groups is 1. The highest BCUT2D eigenvalue weighted by molar-refractivity contribution is 8.00. The summed E-state index contributed by atoms with van der Waals surface area (Å²) in [6, 6.07) is 7.36. The van der Waals surface area contributed by atoms with E-state index in [2.05, 4.69) is 15.0 Å². The quantitative estimate of drug-likeness (QED) is 0.772. The number of benzene rings is 1. The Morgan fingerprint density at radius 2 is 1.69 bits per heavy atom. The van der Waals surface area contributed by atoms with Gasteiger partial charge < -0.3 is 15.5 Å². The number of amidine groups is 1. The third kappa shape index (κ3) is 4.98. The van der Waals surface area contributed by atoms with Gasteiger partial charge in [-0.15, -0.1) is 4.40 Å². The summed E-state index contributed by atoms with van der Waals surface area (Å²) < 4.78 is 29.5. The van der Waals surface area contributed by atoms with Crippen molar-refractivity contribution in [3.05, 3.63) is 41.0 Å². The monoisotopic (exact) mass is 418 g/mol. The van der Waals surface area contributed by atoms with Crippen molar-refractivity contribution in [3.8, 4) is 0 Å². The average Bonchev–Trinajstić information content (AvgIpc) is 2.84. The van der Waals surface area contributed by atoms with Gasteiger partial charge in [0.1, 0.15) is 10.7 Å². The first-order valence-corrected chi connectivity index (χ1v) is 11.4. The molecule has 1 aromatic rings. The number of rotatable bonds is 2. The van der Waals surface area contributed by atoms with E-state index >= 15 is 0 Å². The third-order valence-electron chi connectivity index (χ3n) is 5.07. The van der Waals surface area contributed by atoms with Crippen LogP contribution in [0.5, 0.6) is 0 Å². The van der Waals surface area contributed by atoms with Crippen molar-refractivity contribution in [2.24, 2.45) is 4.40 Å². The first kappa shape index (κ1) is 21.4. The second-order valence-electron chi connectivity index (χ2n) is 8.82. The van der Waals surface area contributed by atoms with Crippen LogP contribution in [-0.4, -0.2) is 49.9 Å². The molecule has 2 N–H and O–H groups in total. The Bertz CT molecular complexity index is 949. The van der Waals surface area contributed by atoms with Gasteiger partial charge in [0.15, 0.2) is 0 Å². The van der Waals surface area contributed by atoms with Crippen LogP contribution in [0.2, 0.25) is 0 Å². The van der Waals surface area contributed by atoms with Crippen LogP contribution in [0.15, 0.2) is 34.2 Å². The number of nitrogens with one attached hydrogen (secondary N) is 2. The molecular formula is C21H30N4O3S. The van der Waals surface area contributed by atoms with Crippen LogP contribution in [-0.2, 0) is 10.0 Å². The zero-order valence-electron chi connectivity index (χ0n) is 17.7. The van der Waals surface area contributed by atoms with Gasteiger partial charge in [0, 0.05) is 30.2 Å². The summed E-state index contributed by atoms with van der Waals surface area (Å²) in [4.78, 5) is 14.4. The minimum absolute atomic E-state index is 0.0630. The molecule has 29 heavy (non-hydrogen) atoms. The van der Waals surface area contributed by atoms with Crippen molar-refractivity contribution in [1.29, 1.82) is 0 Å². The summed E-state index contributed by atoms with van der Waals surface area (Å²) in [5.41, 5.74) is 2.15. The molecule has 7 nitrogen and oxygen atoms in total. The molecule has 1 aromatic carbocycles. The molecule has 0 spiro atoms. The molecule has 158 valence electrons. The van der Waals surface area contributed by atoms with Crippen LogP contribution in [0.1, 0.15) is 51.7 Å². The summed E-state index contributed by atoms with van der Waals surface area (Å²) >= 11 is 0. The number of hydrogen-bond donors (Lipinski definition) is 2. The summed E-state index contributed by atoms with van der Waals surface area (Å²) in [5.74, 6) is 0.526. The predicted octanol–water partition coefficient (Wildman–Crippen LogP) is 3.03. The fourth-order valence-corrected chi connectivity index (χ4v) is 5.17. The van der Waals surface area contributed by atoms with Crippen molar-refractivity contribution in [2.75, 3.05) is 13.1 Å². The fourth-order valence-electron chi connectivity index (χ4n) is 3.69. The highest BCUT2D eigenvalue weighted by atomic mass is 32.2. The minimum atomic E-state index is -3.71. The number of nitrogens with zero attached hydrogens (tertiary/aromatic N) is 2. The number of hydrogen-bond acceptors (Lipinski definition) is 4.